The van der Waals surface area contributed by atoms with Crippen molar-refractivity contribution in [2.75, 3.05) is 13.1 Å². The van der Waals surface area contributed by atoms with Gasteiger partial charge in [-0.3, -0.25) is 10.1 Å². The summed E-state index contributed by atoms with van der Waals surface area (Å²) in [4.78, 5) is 14.2. The van der Waals surface area contributed by atoms with Crippen molar-refractivity contribution in [1.29, 1.82) is 0 Å². The Hall–Kier alpha value is -1.35. The van der Waals surface area contributed by atoms with Gasteiger partial charge in [0.15, 0.2) is 0 Å². The minimum Gasteiger partial charge on any atom is -0.341 e. The maximum Gasteiger partial charge on any atom is 0.239 e. The number of hydrogen-bond donors (Lipinski definition) is 1. The molecule has 3 heteroatoms. The summed E-state index contributed by atoms with van der Waals surface area (Å²) in [5, 5.41) is 3.42. The molecule has 1 aromatic carbocycles. The summed E-state index contributed by atoms with van der Waals surface area (Å²) in [7, 11) is 0. The molecule has 1 aromatic rings. The van der Waals surface area contributed by atoms with Crippen LogP contribution in [0, 0.1) is 6.92 Å². The number of hydrogen-bond acceptors (Lipinski definition) is 2. The van der Waals surface area contributed by atoms with E-state index < -0.39 is 0 Å². The van der Waals surface area contributed by atoms with Gasteiger partial charge >= 0.3 is 0 Å². The number of amides is 1. The smallest absolute Gasteiger partial charge is 0.239 e. The van der Waals surface area contributed by atoms with Crippen molar-refractivity contribution >= 4 is 5.91 Å². The summed E-state index contributed by atoms with van der Waals surface area (Å²) < 4.78 is 0. The molecule has 1 N–H and O–H groups in total. The summed E-state index contributed by atoms with van der Waals surface area (Å²) in [5.41, 5.74) is 2.53. The molecule has 2 atom stereocenters. The van der Waals surface area contributed by atoms with Crippen LogP contribution in [-0.4, -0.2) is 29.9 Å². The Kier molecular flexibility index (Phi) is 4.59. The number of benzene rings is 1. The minimum atomic E-state index is -0.118. The van der Waals surface area contributed by atoms with E-state index in [9.17, 15) is 4.79 Å². The average molecular weight is 260 g/mol. The maximum atomic E-state index is 12.3. The lowest BCUT2D eigenvalue weighted by atomic mass is 10.0. The summed E-state index contributed by atoms with van der Waals surface area (Å²) in [6.07, 6.45) is 2.29. The molecule has 0 bridgehead atoms. The van der Waals surface area contributed by atoms with Crippen molar-refractivity contribution in [3.63, 3.8) is 0 Å². The Morgan fingerprint density at radius 2 is 1.84 bits per heavy atom. The van der Waals surface area contributed by atoms with E-state index in [-0.39, 0.29) is 18.0 Å². The fraction of sp³-hybridized carbons (Fsp3) is 0.562. The van der Waals surface area contributed by atoms with E-state index >= 15 is 0 Å². The standard InChI is InChI=1S/C16H24N2O/c1-12-8-4-5-9-15(12)13(2)17-14(3)16(19)18-10-6-7-11-18/h4-5,8-9,13-14,17H,6-7,10-11H2,1-3H3/t13-,14?/m0/s1. The van der Waals surface area contributed by atoms with Gasteiger partial charge in [-0.2, -0.15) is 0 Å². The second-order valence-electron chi connectivity index (χ2n) is 5.50. The molecular formula is C16H24N2O. The highest BCUT2D eigenvalue weighted by Crippen LogP contribution is 2.18. The number of rotatable bonds is 4. The largest absolute Gasteiger partial charge is 0.341 e. The lowest BCUT2D eigenvalue weighted by molar-refractivity contribution is -0.132. The topological polar surface area (TPSA) is 32.3 Å². The Morgan fingerprint density at radius 1 is 1.21 bits per heavy atom. The molecule has 104 valence electrons. The molecule has 0 aromatic heterocycles. The number of carbonyl (C=O) groups excluding carboxylic acids is 1. The Balaban J connectivity index is 1.96. The van der Waals surface area contributed by atoms with Gasteiger partial charge in [-0.1, -0.05) is 24.3 Å². The van der Waals surface area contributed by atoms with Crippen LogP contribution in [-0.2, 0) is 4.79 Å². The Labute approximate surface area is 116 Å². The van der Waals surface area contributed by atoms with Crippen LogP contribution in [0.25, 0.3) is 0 Å². The van der Waals surface area contributed by atoms with Gasteiger partial charge in [0.1, 0.15) is 0 Å². The van der Waals surface area contributed by atoms with Crippen molar-refractivity contribution in [2.24, 2.45) is 0 Å². The van der Waals surface area contributed by atoms with E-state index in [4.69, 9.17) is 0 Å². The van der Waals surface area contributed by atoms with Crippen LogP contribution in [0.5, 0.6) is 0 Å². The van der Waals surface area contributed by atoms with Crippen LogP contribution in [0.3, 0.4) is 0 Å². The quantitative estimate of drug-likeness (QED) is 0.902. The SMILES string of the molecule is Cc1ccccc1[C@H](C)NC(C)C(=O)N1CCCC1. The van der Waals surface area contributed by atoms with E-state index in [1.807, 2.05) is 24.0 Å². The molecule has 0 aliphatic carbocycles. The first kappa shape index (κ1) is 14.1. The normalized spacial score (nSPS) is 18.4. The zero-order valence-corrected chi connectivity index (χ0v) is 12.1. The second-order valence-corrected chi connectivity index (χ2v) is 5.50. The molecule has 1 fully saturated rings. The molecule has 19 heavy (non-hydrogen) atoms. The summed E-state index contributed by atoms with van der Waals surface area (Å²) in [6, 6.07) is 8.41. The van der Waals surface area contributed by atoms with Gasteiger partial charge in [0.25, 0.3) is 0 Å². The molecule has 0 saturated carbocycles. The summed E-state index contributed by atoms with van der Waals surface area (Å²) in [5.74, 6) is 0.234. The minimum absolute atomic E-state index is 0.118. The molecule has 1 aliphatic heterocycles. The fourth-order valence-electron chi connectivity index (χ4n) is 2.82. The number of carbonyl (C=O) groups is 1. The van der Waals surface area contributed by atoms with E-state index in [1.54, 1.807) is 0 Å². The van der Waals surface area contributed by atoms with E-state index in [1.165, 1.54) is 11.1 Å². The van der Waals surface area contributed by atoms with Gasteiger partial charge in [-0.25, -0.2) is 0 Å². The van der Waals surface area contributed by atoms with Gasteiger partial charge < -0.3 is 4.90 Å². The van der Waals surface area contributed by atoms with Crippen LogP contribution >= 0.6 is 0 Å². The third-order valence-corrected chi connectivity index (χ3v) is 3.94. The Morgan fingerprint density at radius 3 is 2.47 bits per heavy atom. The molecule has 3 nitrogen and oxygen atoms in total. The van der Waals surface area contributed by atoms with Crippen molar-refractivity contribution in [2.45, 2.75) is 45.7 Å². The maximum absolute atomic E-state index is 12.3. The van der Waals surface area contributed by atoms with Gasteiger partial charge in [0.05, 0.1) is 6.04 Å². The zero-order valence-electron chi connectivity index (χ0n) is 12.1. The predicted octanol–water partition coefficient (Wildman–Crippen LogP) is 2.66. The van der Waals surface area contributed by atoms with Crippen LogP contribution < -0.4 is 5.32 Å². The first-order chi connectivity index (χ1) is 9.09. The van der Waals surface area contributed by atoms with E-state index in [2.05, 4.69) is 31.3 Å². The number of nitrogens with one attached hydrogen (secondary N) is 1. The lowest BCUT2D eigenvalue weighted by Crippen LogP contribution is -2.44. The lowest BCUT2D eigenvalue weighted by Gasteiger charge is -2.25. The first-order valence-electron chi connectivity index (χ1n) is 7.20. The van der Waals surface area contributed by atoms with Crippen LogP contribution in [0.1, 0.15) is 43.9 Å². The molecular weight excluding hydrogens is 236 g/mol. The highest BCUT2D eigenvalue weighted by molar-refractivity contribution is 5.81. The number of nitrogens with zero attached hydrogens (tertiary/aromatic N) is 1. The summed E-state index contributed by atoms with van der Waals surface area (Å²) >= 11 is 0. The van der Waals surface area contributed by atoms with Crippen molar-refractivity contribution in [3.05, 3.63) is 35.4 Å². The third kappa shape index (κ3) is 3.35. The molecule has 1 heterocycles. The Bertz CT molecular complexity index is 438. The van der Waals surface area contributed by atoms with Gasteiger partial charge in [-0.05, 0) is 44.7 Å². The highest BCUT2D eigenvalue weighted by Gasteiger charge is 2.24. The molecule has 1 amide bonds. The third-order valence-electron chi connectivity index (χ3n) is 3.94. The highest BCUT2D eigenvalue weighted by atomic mass is 16.2. The molecule has 1 unspecified atom stereocenters. The van der Waals surface area contributed by atoms with Crippen LogP contribution in [0.15, 0.2) is 24.3 Å². The zero-order chi connectivity index (χ0) is 13.8. The predicted molar refractivity (Wildman–Crippen MR) is 78.0 cm³/mol. The number of aryl methyl sites for hydroxylation is 1. The van der Waals surface area contributed by atoms with Crippen LogP contribution in [0.2, 0.25) is 0 Å². The van der Waals surface area contributed by atoms with Crippen molar-refractivity contribution < 1.29 is 4.79 Å². The summed E-state index contributed by atoms with van der Waals surface area (Å²) in [6.45, 7) is 8.04. The van der Waals surface area contributed by atoms with Crippen LogP contribution in [0.4, 0.5) is 0 Å². The first-order valence-corrected chi connectivity index (χ1v) is 7.20. The number of likely N-dealkylation sites (tertiary alicyclic amines) is 1. The second kappa shape index (κ2) is 6.20. The molecule has 1 saturated heterocycles. The average Bonchev–Trinajstić information content (AvgIpc) is 2.92. The monoisotopic (exact) mass is 260 g/mol. The fourth-order valence-corrected chi connectivity index (χ4v) is 2.82. The van der Waals surface area contributed by atoms with Gasteiger partial charge in [0, 0.05) is 19.1 Å². The molecule has 1 aliphatic rings. The molecule has 0 radical (unpaired) electrons. The molecule has 2 rings (SSSR count). The van der Waals surface area contributed by atoms with E-state index in [0.717, 1.165) is 25.9 Å². The van der Waals surface area contributed by atoms with Gasteiger partial charge in [-0.15, -0.1) is 0 Å². The van der Waals surface area contributed by atoms with Crippen molar-refractivity contribution in [3.8, 4) is 0 Å². The van der Waals surface area contributed by atoms with Gasteiger partial charge in [0.2, 0.25) is 5.91 Å². The van der Waals surface area contributed by atoms with E-state index in [0.29, 0.717) is 0 Å². The van der Waals surface area contributed by atoms with Crippen molar-refractivity contribution in [1.82, 2.24) is 10.2 Å². The molecule has 0 spiro atoms.